The molecule has 1 amide bonds. The molecule has 0 saturated heterocycles. The van der Waals surface area contributed by atoms with Crippen molar-refractivity contribution in [3.8, 4) is 11.3 Å². The van der Waals surface area contributed by atoms with Crippen molar-refractivity contribution in [1.29, 1.82) is 0 Å². The standard InChI is InChI=1S/C23H24F3N3O4S/c1-2-29(13-12-22(30)28-18-4-3-5-20(14-18)34(27,31)32)15-19-10-11-21(33-19)16-6-8-17(9-7-16)23(24,25)26/h3-11,14H,2,12-13,15H2,1H3,(H,28,30)(H2,27,31,32). The lowest BCUT2D eigenvalue weighted by molar-refractivity contribution is -0.137. The Labute approximate surface area is 195 Å². The van der Waals surface area contributed by atoms with Crippen LogP contribution in [0.2, 0.25) is 0 Å². The van der Waals surface area contributed by atoms with Crippen molar-refractivity contribution in [2.75, 3.05) is 18.4 Å². The number of carbonyl (C=O) groups is 1. The molecule has 3 N–H and O–H groups in total. The van der Waals surface area contributed by atoms with Gasteiger partial charge in [-0.1, -0.05) is 25.1 Å². The lowest BCUT2D eigenvalue weighted by atomic mass is 10.1. The maximum absolute atomic E-state index is 12.7. The molecule has 0 aliphatic heterocycles. The lowest BCUT2D eigenvalue weighted by Crippen LogP contribution is -2.27. The van der Waals surface area contributed by atoms with Crippen molar-refractivity contribution in [2.24, 2.45) is 5.14 Å². The number of carbonyl (C=O) groups excluding carboxylic acids is 1. The van der Waals surface area contributed by atoms with E-state index in [1.807, 2.05) is 11.8 Å². The zero-order valence-corrected chi connectivity index (χ0v) is 19.1. The zero-order valence-electron chi connectivity index (χ0n) is 18.3. The monoisotopic (exact) mass is 495 g/mol. The highest BCUT2D eigenvalue weighted by molar-refractivity contribution is 7.89. The first-order valence-corrected chi connectivity index (χ1v) is 11.9. The normalized spacial score (nSPS) is 12.2. The number of sulfonamides is 1. The second-order valence-corrected chi connectivity index (χ2v) is 9.14. The molecule has 0 bridgehead atoms. The van der Waals surface area contributed by atoms with Gasteiger partial charge in [-0.15, -0.1) is 0 Å². The summed E-state index contributed by atoms with van der Waals surface area (Å²) in [4.78, 5) is 14.2. The summed E-state index contributed by atoms with van der Waals surface area (Å²) in [5.74, 6) is 0.764. The fraction of sp³-hybridized carbons (Fsp3) is 0.261. The molecule has 3 aromatic rings. The van der Waals surface area contributed by atoms with Gasteiger partial charge in [-0.3, -0.25) is 9.69 Å². The summed E-state index contributed by atoms with van der Waals surface area (Å²) in [5, 5.41) is 7.76. The van der Waals surface area contributed by atoms with Gasteiger partial charge in [0.2, 0.25) is 15.9 Å². The largest absolute Gasteiger partial charge is 0.460 e. The average molecular weight is 496 g/mol. The van der Waals surface area contributed by atoms with Crippen LogP contribution in [0.1, 0.15) is 24.7 Å². The van der Waals surface area contributed by atoms with E-state index in [9.17, 15) is 26.4 Å². The fourth-order valence-electron chi connectivity index (χ4n) is 3.24. The average Bonchev–Trinajstić information content (AvgIpc) is 3.24. The van der Waals surface area contributed by atoms with E-state index in [2.05, 4.69) is 5.32 Å². The SMILES string of the molecule is CCN(CCC(=O)Nc1cccc(S(N)(=O)=O)c1)Cc1ccc(-c2ccc(C(F)(F)F)cc2)o1. The first kappa shape index (κ1) is 25.5. The summed E-state index contributed by atoms with van der Waals surface area (Å²) < 4.78 is 66.9. The highest BCUT2D eigenvalue weighted by Crippen LogP contribution is 2.31. The van der Waals surface area contributed by atoms with Crippen molar-refractivity contribution in [1.82, 2.24) is 4.90 Å². The van der Waals surface area contributed by atoms with Crippen molar-refractivity contribution in [2.45, 2.75) is 31.0 Å². The van der Waals surface area contributed by atoms with Gasteiger partial charge in [0, 0.05) is 24.2 Å². The van der Waals surface area contributed by atoms with Crippen molar-refractivity contribution < 1.29 is 30.8 Å². The third-order valence-corrected chi connectivity index (χ3v) is 6.00. The number of primary sulfonamides is 1. The summed E-state index contributed by atoms with van der Waals surface area (Å²) in [6.07, 6.45) is -4.24. The molecule has 34 heavy (non-hydrogen) atoms. The van der Waals surface area contributed by atoms with Gasteiger partial charge in [0.15, 0.2) is 0 Å². The minimum atomic E-state index is -4.40. The lowest BCUT2D eigenvalue weighted by Gasteiger charge is -2.18. The molecule has 0 aliphatic rings. The van der Waals surface area contributed by atoms with Crippen molar-refractivity contribution in [3.63, 3.8) is 0 Å². The number of anilines is 1. The van der Waals surface area contributed by atoms with Gasteiger partial charge in [-0.05, 0) is 49.0 Å². The van der Waals surface area contributed by atoms with Gasteiger partial charge in [0.25, 0.3) is 0 Å². The number of nitrogens with one attached hydrogen (secondary N) is 1. The highest BCUT2D eigenvalue weighted by Gasteiger charge is 2.30. The molecule has 182 valence electrons. The van der Waals surface area contributed by atoms with Crippen LogP contribution >= 0.6 is 0 Å². The van der Waals surface area contributed by atoms with E-state index in [-0.39, 0.29) is 17.2 Å². The number of amides is 1. The molecule has 0 spiro atoms. The second-order valence-electron chi connectivity index (χ2n) is 7.58. The zero-order chi connectivity index (χ0) is 24.9. The smallest absolute Gasteiger partial charge is 0.416 e. The van der Waals surface area contributed by atoms with Crippen LogP contribution in [0.15, 0.2) is 70.0 Å². The number of nitrogens with zero attached hydrogens (tertiary/aromatic N) is 1. The number of nitrogens with two attached hydrogens (primary N) is 1. The summed E-state index contributed by atoms with van der Waals surface area (Å²) in [6.45, 7) is 3.37. The Morgan fingerprint density at radius 2 is 1.79 bits per heavy atom. The summed E-state index contributed by atoms with van der Waals surface area (Å²) in [5.41, 5.74) is 0.130. The number of halogens is 3. The van der Waals surface area contributed by atoms with Crippen LogP contribution in [0.3, 0.4) is 0 Å². The molecule has 0 unspecified atom stereocenters. The van der Waals surface area contributed by atoms with Gasteiger partial charge in [0.1, 0.15) is 11.5 Å². The topological polar surface area (TPSA) is 106 Å². The maximum atomic E-state index is 12.7. The number of rotatable bonds is 9. The predicted octanol–water partition coefficient (Wildman–Crippen LogP) is 4.46. The summed E-state index contributed by atoms with van der Waals surface area (Å²) in [7, 11) is -3.87. The Balaban J connectivity index is 1.56. The predicted molar refractivity (Wildman–Crippen MR) is 121 cm³/mol. The Morgan fingerprint density at radius 1 is 1.09 bits per heavy atom. The molecule has 0 aliphatic carbocycles. The first-order chi connectivity index (χ1) is 16.0. The van der Waals surface area contributed by atoms with Crippen LogP contribution < -0.4 is 10.5 Å². The van der Waals surface area contributed by atoms with E-state index < -0.39 is 21.8 Å². The number of hydrogen-bond acceptors (Lipinski definition) is 5. The van der Waals surface area contributed by atoms with E-state index in [1.54, 1.807) is 18.2 Å². The van der Waals surface area contributed by atoms with E-state index in [1.165, 1.54) is 30.3 Å². The number of alkyl halides is 3. The first-order valence-electron chi connectivity index (χ1n) is 10.4. The van der Waals surface area contributed by atoms with Gasteiger partial charge < -0.3 is 9.73 Å². The van der Waals surface area contributed by atoms with Crippen LogP contribution in [0, 0.1) is 0 Å². The number of hydrogen-bond donors (Lipinski definition) is 2. The van der Waals surface area contributed by atoms with Crippen LogP contribution in [0.4, 0.5) is 18.9 Å². The third kappa shape index (κ3) is 6.92. The van der Waals surface area contributed by atoms with Gasteiger partial charge in [0.05, 0.1) is 17.0 Å². The summed E-state index contributed by atoms with van der Waals surface area (Å²) >= 11 is 0. The van der Waals surface area contributed by atoms with Gasteiger partial charge in [-0.25, -0.2) is 13.6 Å². The summed E-state index contributed by atoms with van der Waals surface area (Å²) in [6, 6.07) is 13.8. The third-order valence-electron chi connectivity index (χ3n) is 5.09. The molecule has 0 fully saturated rings. The Kier molecular flexibility index (Phi) is 7.80. The number of benzene rings is 2. The molecule has 1 aromatic heterocycles. The van der Waals surface area contributed by atoms with Crippen LogP contribution in [0.5, 0.6) is 0 Å². The van der Waals surface area contributed by atoms with Gasteiger partial charge >= 0.3 is 6.18 Å². The molecule has 0 atom stereocenters. The molecule has 11 heteroatoms. The van der Waals surface area contributed by atoms with E-state index in [0.29, 0.717) is 42.4 Å². The molecule has 7 nitrogen and oxygen atoms in total. The Bertz CT molecular complexity index is 1240. The van der Waals surface area contributed by atoms with Gasteiger partial charge in [-0.2, -0.15) is 13.2 Å². The van der Waals surface area contributed by atoms with Crippen LogP contribution in [-0.2, 0) is 27.5 Å². The quantitative estimate of drug-likeness (QED) is 0.456. The maximum Gasteiger partial charge on any atom is 0.416 e. The van der Waals surface area contributed by atoms with Crippen molar-refractivity contribution >= 4 is 21.6 Å². The van der Waals surface area contributed by atoms with Crippen LogP contribution in [0.25, 0.3) is 11.3 Å². The Hall–Kier alpha value is -3.15. The fourth-order valence-corrected chi connectivity index (χ4v) is 3.80. The van der Waals surface area contributed by atoms with E-state index in [0.717, 1.165) is 12.1 Å². The molecular weight excluding hydrogens is 471 g/mol. The van der Waals surface area contributed by atoms with E-state index >= 15 is 0 Å². The molecule has 1 heterocycles. The van der Waals surface area contributed by atoms with Crippen molar-refractivity contribution in [3.05, 3.63) is 72.0 Å². The Morgan fingerprint density at radius 3 is 2.41 bits per heavy atom. The second kappa shape index (κ2) is 10.4. The van der Waals surface area contributed by atoms with Crippen LogP contribution in [-0.4, -0.2) is 32.3 Å². The minimum Gasteiger partial charge on any atom is -0.460 e. The molecule has 2 aromatic carbocycles. The highest BCUT2D eigenvalue weighted by atomic mass is 32.2. The van der Waals surface area contributed by atoms with E-state index in [4.69, 9.17) is 9.56 Å². The molecule has 0 radical (unpaired) electrons. The molecule has 0 saturated carbocycles. The minimum absolute atomic E-state index is 0.0952. The molecule has 3 rings (SSSR count). The molecular formula is C23H24F3N3O4S. The number of furan rings is 1.